The zero-order chi connectivity index (χ0) is 14.5. The van der Waals surface area contributed by atoms with Gasteiger partial charge in [0.1, 0.15) is 6.04 Å². The molecule has 1 aromatic heterocycles. The SMILES string of the molecule is N[C@H](CSCc1nnc(-c2ccccc2Cl)o1)C(=O)O. The van der Waals surface area contributed by atoms with Crippen molar-refractivity contribution in [3.63, 3.8) is 0 Å². The highest BCUT2D eigenvalue weighted by molar-refractivity contribution is 7.98. The molecule has 0 spiro atoms. The first-order chi connectivity index (χ1) is 9.58. The monoisotopic (exact) mass is 313 g/mol. The Labute approximate surface area is 124 Å². The first-order valence-electron chi connectivity index (χ1n) is 5.71. The van der Waals surface area contributed by atoms with E-state index in [0.717, 1.165) is 0 Å². The molecule has 8 heteroatoms. The third-order valence-corrected chi connectivity index (χ3v) is 3.79. The fourth-order valence-corrected chi connectivity index (χ4v) is 2.42. The van der Waals surface area contributed by atoms with Crippen LogP contribution in [0, 0.1) is 0 Å². The Morgan fingerprint density at radius 3 is 2.90 bits per heavy atom. The van der Waals surface area contributed by atoms with Crippen LogP contribution >= 0.6 is 23.4 Å². The molecule has 2 aromatic rings. The summed E-state index contributed by atoms with van der Waals surface area (Å²) in [7, 11) is 0. The van der Waals surface area contributed by atoms with Crippen molar-refractivity contribution in [1.29, 1.82) is 0 Å². The number of nitrogens with two attached hydrogens (primary N) is 1. The van der Waals surface area contributed by atoms with Crippen molar-refractivity contribution in [3.8, 4) is 11.5 Å². The number of nitrogens with zero attached hydrogens (tertiary/aromatic N) is 2. The van der Waals surface area contributed by atoms with Crippen LogP contribution in [0.3, 0.4) is 0 Å². The maximum absolute atomic E-state index is 10.6. The van der Waals surface area contributed by atoms with Gasteiger partial charge in [0.2, 0.25) is 11.8 Å². The molecule has 0 aliphatic heterocycles. The number of carboxylic acids is 1. The Balaban J connectivity index is 1.96. The van der Waals surface area contributed by atoms with E-state index in [2.05, 4.69) is 10.2 Å². The van der Waals surface area contributed by atoms with Gasteiger partial charge in [-0.05, 0) is 12.1 Å². The van der Waals surface area contributed by atoms with E-state index in [-0.39, 0.29) is 5.75 Å². The number of carboxylic acid groups (broad SMARTS) is 1. The highest BCUT2D eigenvalue weighted by Crippen LogP contribution is 2.26. The number of thioether (sulfide) groups is 1. The molecule has 0 fully saturated rings. The molecular weight excluding hydrogens is 302 g/mol. The zero-order valence-corrected chi connectivity index (χ0v) is 11.9. The number of aliphatic carboxylic acids is 1. The van der Waals surface area contributed by atoms with Gasteiger partial charge in [-0.2, -0.15) is 0 Å². The van der Waals surface area contributed by atoms with Crippen LogP contribution in [-0.2, 0) is 10.5 Å². The lowest BCUT2D eigenvalue weighted by molar-refractivity contribution is -0.137. The lowest BCUT2D eigenvalue weighted by atomic mass is 10.2. The van der Waals surface area contributed by atoms with E-state index in [1.54, 1.807) is 12.1 Å². The van der Waals surface area contributed by atoms with Gasteiger partial charge in [-0.15, -0.1) is 22.0 Å². The molecule has 1 atom stereocenters. The number of hydrogen-bond acceptors (Lipinski definition) is 6. The van der Waals surface area contributed by atoms with Crippen molar-refractivity contribution in [3.05, 3.63) is 35.2 Å². The highest BCUT2D eigenvalue weighted by Gasteiger charge is 2.14. The van der Waals surface area contributed by atoms with Gasteiger partial charge in [0.15, 0.2) is 0 Å². The number of hydrogen-bond donors (Lipinski definition) is 2. The lowest BCUT2D eigenvalue weighted by Gasteiger charge is -2.03. The maximum Gasteiger partial charge on any atom is 0.321 e. The van der Waals surface area contributed by atoms with E-state index >= 15 is 0 Å². The van der Waals surface area contributed by atoms with Crippen molar-refractivity contribution in [2.24, 2.45) is 5.73 Å². The van der Waals surface area contributed by atoms with Crippen molar-refractivity contribution >= 4 is 29.3 Å². The topological polar surface area (TPSA) is 102 Å². The van der Waals surface area contributed by atoms with E-state index < -0.39 is 12.0 Å². The Morgan fingerprint density at radius 2 is 2.20 bits per heavy atom. The Morgan fingerprint density at radius 1 is 1.45 bits per heavy atom. The van der Waals surface area contributed by atoms with Gasteiger partial charge < -0.3 is 15.3 Å². The molecule has 0 radical (unpaired) electrons. The first kappa shape index (κ1) is 14.8. The minimum Gasteiger partial charge on any atom is -0.480 e. The summed E-state index contributed by atoms with van der Waals surface area (Å²) >= 11 is 7.35. The fraction of sp³-hybridized carbons (Fsp3) is 0.250. The number of carbonyl (C=O) groups is 1. The van der Waals surface area contributed by atoms with Gasteiger partial charge in [0, 0.05) is 5.75 Å². The third kappa shape index (κ3) is 3.72. The van der Waals surface area contributed by atoms with Crippen molar-refractivity contribution in [1.82, 2.24) is 10.2 Å². The largest absolute Gasteiger partial charge is 0.480 e. The van der Waals surface area contributed by atoms with Gasteiger partial charge in [0.05, 0.1) is 16.3 Å². The number of halogens is 1. The molecule has 20 heavy (non-hydrogen) atoms. The molecule has 106 valence electrons. The summed E-state index contributed by atoms with van der Waals surface area (Å²) in [4.78, 5) is 10.6. The Bertz CT molecular complexity index is 605. The molecule has 6 nitrogen and oxygen atoms in total. The number of benzene rings is 1. The van der Waals surface area contributed by atoms with Gasteiger partial charge in [-0.1, -0.05) is 23.7 Å². The molecule has 0 amide bonds. The normalized spacial score (nSPS) is 12.3. The van der Waals surface area contributed by atoms with Crippen LogP contribution in [-0.4, -0.2) is 33.1 Å². The van der Waals surface area contributed by atoms with Crippen molar-refractivity contribution in [2.75, 3.05) is 5.75 Å². The molecule has 2 rings (SSSR count). The summed E-state index contributed by atoms with van der Waals surface area (Å²) in [6, 6.07) is 6.26. The predicted molar refractivity (Wildman–Crippen MR) is 76.5 cm³/mol. The molecule has 1 heterocycles. The second-order valence-electron chi connectivity index (χ2n) is 3.94. The van der Waals surface area contributed by atoms with E-state index in [1.807, 2.05) is 12.1 Å². The molecule has 1 aromatic carbocycles. The lowest BCUT2D eigenvalue weighted by Crippen LogP contribution is -2.32. The van der Waals surface area contributed by atoms with Crippen LogP contribution in [0.15, 0.2) is 28.7 Å². The molecule has 0 aliphatic carbocycles. The smallest absolute Gasteiger partial charge is 0.321 e. The maximum atomic E-state index is 10.6. The Hall–Kier alpha value is -1.57. The molecule has 0 saturated carbocycles. The molecule has 0 unspecified atom stereocenters. The van der Waals surface area contributed by atoms with Gasteiger partial charge in [0.25, 0.3) is 0 Å². The van der Waals surface area contributed by atoms with Gasteiger partial charge in [-0.3, -0.25) is 4.79 Å². The molecular formula is C12H12ClN3O3S. The summed E-state index contributed by atoms with van der Waals surface area (Å²) in [5, 5.41) is 17.0. The van der Waals surface area contributed by atoms with E-state index in [9.17, 15) is 4.79 Å². The quantitative estimate of drug-likeness (QED) is 0.841. The molecule has 0 saturated heterocycles. The fourth-order valence-electron chi connectivity index (χ4n) is 1.40. The minimum atomic E-state index is -1.03. The minimum absolute atomic E-state index is 0.277. The van der Waals surface area contributed by atoms with E-state index in [0.29, 0.717) is 28.1 Å². The van der Waals surface area contributed by atoms with Crippen molar-refractivity contribution < 1.29 is 14.3 Å². The summed E-state index contributed by atoms with van der Waals surface area (Å²) in [5.74, 6) is 0.397. The molecule has 0 bridgehead atoms. The summed E-state index contributed by atoms with van der Waals surface area (Å²) in [6.07, 6.45) is 0. The average molecular weight is 314 g/mol. The number of aromatic nitrogens is 2. The third-order valence-electron chi connectivity index (χ3n) is 2.41. The van der Waals surface area contributed by atoms with Crippen LogP contribution in [0.1, 0.15) is 5.89 Å². The second kappa shape index (κ2) is 6.74. The van der Waals surface area contributed by atoms with E-state index in [1.165, 1.54) is 11.8 Å². The molecule has 3 N–H and O–H groups in total. The summed E-state index contributed by atoms with van der Waals surface area (Å²) in [5.41, 5.74) is 6.06. The van der Waals surface area contributed by atoms with Crippen LogP contribution in [0.5, 0.6) is 0 Å². The van der Waals surface area contributed by atoms with Crippen LogP contribution < -0.4 is 5.73 Å². The van der Waals surface area contributed by atoms with Gasteiger partial charge >= 0.3 is 5.97 Å². The zero-order valence-electron chi connectivity index (χ0n) is 10.3. The Kier molecular flexibility index (Phi) is 4.99. The first-order valence-corrected chi connectivity index (χ1v) is 7.24. The standard InChI is InChI=1S/C12H12ClN3O3S/c13-8-4-2-1-3-7(8)11-16-15-10(19-11)6-20-5-9(14)12(17)18/h1-4,9H,5-6,14H2,(H,17,18)/t9-/m1/s1. The number of rotatable bonds is 6. The predicted octanol–water partition coefficient (Wildman–Crippen LogP) is 2.04. The van der Waals surface area contributed by atoms with E-state index in [4.69, 9.17) is 26.9 Å². The highest BCUT2D eigenvalue weighted by atomic mass is 35.5. The van der Waals surface area contributed by atoms with Gasteiger partial charge in [-0.25, -0.2) is 0 Å². The summed E-state index contributed by atoms with van der Waals surface area (Å²) < 4.78 is 5.48. The molecule has 0 aliphatic rings. The van der Waals surface area contributed by atoms with Crippen LogP contribution in [0.2, 0.25) is 5.02 Å². The average Bonchev–Trinajstić information content (AvgIpc) is 2.87. The van der Waals surface area contributed by atoms with Crippen LogP contribution in [0.25, 0.3) is 11.5 Å². The van der Waals surface area contributed by atoms with Crippen LogP contribution in [0.4, 0.5) is 0 Å². The summed E-state index contributed by atoms with van der Waals surface area (Å²) in [6.45, 7) is 0. The second-order valence-corrected chi connectivity index (χ2v) is 5.38. The van der Waals surface area contributed by atoms with Crippen molar-refractivity contribution in [2.45, 2.75) is 11.8 Å².